The van der Waals surface area contributed by atoms with Crippen LogP contribution in [0.4, 0.5) is 5.82 Å². The van der Waals surface area contributed by atoms with Gasteiger partial charge in [-0.25, -0.2) is 9.78 Å². The van der Waals surface area contributed by atoms with Gasteiger partial charge >= 0.3 is 5.97 Å². The van der Waals surface area contributed by atoms with Crippen molar-refractivity contribution in [1.29, 1.82) is 0 Å². The number of thiophene rings is 1. The minimum atomic E-state index is -0.935. The first-order valence-corrected chi connectivity index (χ1v) is 7.15. The molecule has 1 saturated carbocycles. The third-order valence-electron chi connectivity index (χ3n) is 3.21. The summed E-state index contributed by atoms with van der Waals surface area (Å²) in [4.78, 5) is 17.4. The first-order valence-electron chi connectivity index (χ1n) is 6.21. The highest BCUT2D eigenvalue weighted by molar-refractivity contribution is 7.07. The Hall–Kier alpha value is -1.88. The van der Waals surface area contributed by atoms with Crippen LogP contribution in [0.15, 0.2) is 35.2 Å². The molecule has 2 heterocycles. The molecule has 0 spiro atoms. The van der Waals surface area contributed by atoms with Crippen LogP contribution in [0.3, 0.4) is 0 Å². The van der Waals surface area contributed by atoms with E-state index >= 15 is 0 Å². The van der Waals surface area contributed by atoms with Crippen LogP contribution in [0.1, 0.15) is 28.8 Å². The molecule has 0 saturated heterocycles. The molecule has 0 unspecified atom stereocenters. The summed E-state index contributed by atoms with van der Waals surface area (Å²) in [6.45, 7) is 0.841. The Kier molecular flexibility index (Phi) is 3.21. The second-order valence-corrected chi connectivity index (χ2v) is 5.48. The highest BCUT2D eigenvalue weighted by Gasteiger charge is 2.30. The van der Waals surface area contributed by atoms with Gasteiger partial charge in [-0.2, -0.15) is 11.3 Å². The number of carbonyl (C=O) groups is 1. The van der Waals surface area contributed by atoms with Gasteiger partial charge in [-0.15, -0.1) is 0 Å². The lowest BCUT2D eigenvalue weighted by molar-refractivity contribution is 0.0696. The van der Waals surface area contributed by atoms with Gasteiger partial charge in [0.15, 0.2) is 0 Å². The van der Waals surface area contributed by atoms with Crippen LogP contribution in [0.25, 0.3) is 0 Å². The number of aromatic nitrogens is 1. The van der Waals surface area contributed by atoms with E-state index in [4.69, 9.17) is 5.11 Å². The molecule has 4 nitrogen and oxygen atoms in total. The highest BCUT2D eigenvalue weighted by atomic mass is 32.1. The van der Waals surface area contributed by atoms with Gasteiger partial charge in [0.05, 0.1) is 5.56 Å². The van der Waals surface area contributed by atoms with E-state index in [1.54, 1.807) is 23.5 Å². The quantitative estimate of drug-likeness (QED) is 0.910. The summed E-state index contributed by atoms with van der Waals surface area (Å²) in [7, 11) is 0. The standard InChI is InChI=1S/C14H14N2O2S/c17-14(18)11-1-4-13(15-7-11)16(12-2-3-12)8-10-5-6-19-9-10/h1,4-7,9,12H,2-3,8H2,(H,17,18). The molecule has 3 rings (SSSR count). The Morgan fingerprint density at radius 2 is 2.26 bits per heavy atom. The minimum Gasteiger partial charge on any atom is -0.478 e. The van der Waals surface area contributed by atoms with E-state index < -0.39 is 5.97 Å². The van der Waals surface area contributed by atoms with Crippen molar-refractivity contribution >= 4 is 23.1 Å². The summed E-state index contributed by atoms with van der Waals surface area (Å²) >= 11 is 1.69. The van der Waals surface area contributed by atoms with Crippen molar-refractivity contribution < 1.29 is 9.90 Å². The Morgan fingerprint density at radius 1 is 1.42 bits per heavy atom. The van der Waals surface area contributed by atoms with Gasteiger partial charge in [0.1, 0.15) is 5.82 Å². The van der Waals surface area contributed by atoms with E-state index in [0.717, 1.165) is 12.4 Å². The topological polar surface area (TPSA) is 53.4 Å². The second-order valence-electron chi connectivity index (χ2n) is 4.70. The molecule has 0 radical (unpaired) electrons. The smallest absolute Gasteiger partial charge is 0.337 e. The number of carboxylic acids is 1. The van der Waals surface area contributed by atoms with E-state index in [-0.39, 0.29) is 5.56 Å². The number of aromatic carboxylic acids is 1. The summed E-state index contributed by atoms with van der Waals surface area (Å²) in [5.74, 6) is -0.0754. The fraction of sp³-hybridized carbons (Fsp3) is 0.286. The number of pyridine rings is 1. The van der Waals surface area contributed by atoms with Crippen LogP contribution in [-0.2, 0) is 6.54 Å². The Bertz CT molecular complexity index is 562. The van der Waals surface area contributed by atoms with Crippen LogP contribution >= 0.6 is 11.3 Å². The third kappa shape index (κ3) is 2.76. The van der Waals surface area contributed by atoms with Crippen LogP contribution in [-0.4, -0.2) is 22.1 Å². The molecule has 2 aromatic rings. The van der Waals surface area contributed by atoms with Gasteiger partial charge in [0.25, 0.3) is 0 Å². The van der Waals surface area contributed by atoms with Crippen molar-refractivity contribution in [2.24, 2.45) is 0 Å². The fourth-order valence-electron chi connectivity index (χ4n) is 2.05. The van der Waals surface area contributed by atoms with Crippen molar-refractivity contribution in [2.75, 3.05) is 4.90 Å². The number of nitrogens with zero attached hydrogens (tertiary/aromatic N) is 2. The summed E-state index contributed by atoms with van der Waals surface area (Å²) in [5, 5.41) is 13.1. The lowest BCUT2D eigenvalue weighted by atomic mass is 10.2. The molecule has 5 heteroatoms. The van der Waals surface area contributed by atoms with Gasteiger partial charge in [-0.05, 0) is 47.4 Å². The normalized spacial score (nSPS) is 14.3. The summed E-state index contributed by atoms with van der Waals surface area (Å²) in [6, 6.07) is 6.08. The molecule has 0 aliphatic heterocycles. The number of anilines is 1. The zero-order valence-corrected chi connectivity index (χ0v) is 11.1. The molecule has 19 heavy (non-hydrogen) atoms. The molecule has 98 valence electrons. The predicted molar refractivity (Wildman–Crippen MR) is 74.7 cm³/mol. The van der Waals surface area contributed by atoms with E-state index in [1.165, 1.54) is 24.6 Å². The summed E-state index contributed by atoms with van der Waals surface area (Å²) in [6.07, 6.45) is 3.81. The maximum absolute atomic E-state index is 10.8. The maximum atomic E-state index is 10.8. The summed E-state index contributed by atoms with van der Waals surface area (Å²) in [5.41, 5.74) is 1.51. The van der Waals surface area contributed by atoms with Crippen molar-refractivity contribution in [3.63, 3.8) is 0 Å². The van der Waals surface area contributed by atoms with Gasteiger partial charge in [-0.3, -0.25) is 0 Å². The zero-order valence-electron chi connectivity index (χ0n) is 10.3. The minimum absolute atomic E-state index is 0.232. The maximum Gasteiger partial charge on any atom is 0.337 e. The molecule has 1 aliphatic rings. The first-order chi connectivity index (χ1) is 9.24. The second kappa shape index (κ2) is 5.01. The SMILES string of the molecule is O=C(O)c1ccc(N(Cc2ccsc2)C2CC2)nc1. The highest BCUT2D eigenvalue weighted by Crippen LogP contribution is 2.32. The number of carboxylic acid groups (broad SMARTS) is 1. The van der Waals surface area contributed by atoms with Crippen molar-refractivity contribution in [1.82, 2.24) is 4.98 Å². The molecule has 0 amide bonds. The Balaban J connectivity index is 1.81. The van der Waals surface area contributed by atoms with E-state index in [1.807, 2.05) is 0 Å². The van der Waals surface area contributed by atoms with E-state index in [9.17, 15) is 4.79 Å². The average molecular weight is 274 g/mol. The first kappa shape index (κ1) is 12.2. The van der Waals surface area contributed by atoms with Crippen molar-refractivity contribution in [3.8, 4) is 0 Å². The Labute approximate surface area is 115 Å². The molecular formula is C14H14N2O2S. The van der Waals surface area contributed by atoms with E-state index in [0.29, 0.717) is 6.04 Å². The number of rotatable bonds is 5. The molecular weight excluding hydrogens is 260 g/mol. The van der Waals surface area contributed by atoms with Crippen LogP contribution in [0.5, 0.6) is 0 Å². The van der Waals surface area contributed by atoms with Crippen molar-refractivity contribution in [3.05, 3.63) is 46.3 Å². The van der Waals surface area contributed by atoms with Crippen LogP contribution in [0.2, 0.25) is 0 Å². The number of hydrogen-bond donors (Lipinski definition) is 1. The summed E-state index contributed by atoms with van der Waals surface area (Å²) < 4.78 is 0. The molecule has 0 aromatic carbocycles. The largest absolute Gasteiger partial charge is 0.478 e. The number of hydrogen-bond acceptors (Lipinski definition) is 4. The van der Waals surface area contributed by atoms with Gasteiger partial charge in [0, 0.05) is 18.8 Å². The average Bonchev–Trinajstić information content (AvgIpc) is 3.13. The van der Waals surface area contributed by atoms with Crippen LogP contribution in [0, 0.1) is 0 Å². The zero-order chi connectivity index (χ0) is 13.2. The lowest BCUT2D eigenvalue weighted by Gasteiger charge is -2.23. The van der Waals surface area contributed by atoms with Crippen LogP contribution < -0.4 is 4.90 Å². The van der Waals surface area contributed by atoms with E-state index in [2.05, 4.69) is 26.7 Å². The molecule has 1 N–H and O–H groups in total. The third-order valence-corrected chi connectivity index (χ3v) is 3.94. The van der Waals surface area contributed by atoms with Gasteiger partial charge in [-0.1, -0.05) is 0 Å². The predicted octanol–water partition coefficient (Wildman–Crippen LogP) is 3.01. The molecule has 1 fully saturated rings. The van der Waals surface area contributed by atoms with Gasteiger partial charge < -0.3 is 10.0 Å². The van der Waals surface area contributed by atoms with Crippen molar-refractivity contribution in [2.45, 2.75) is 25.4 Å². The molecule has 2 aromatic heterocycles. The lowest BCUT2D eigenvalue weighted by Crippen LogP contribution is -2.25. The molecule has 1 aliphatic carbocycles. The molecule has 0 bridgehead atoms. The van der Waals surface area contributed by atoms with Gasteiger partial charge in [0.2, 0.25) is 0 Å². The fourth-order valence-corrected chi connectivity index (χ4v) is 2.70. The molecule has 0 atom stereocenters. The monoisotopic (exact) mass is 274 g/mol. The Morgan fingerprint density at radius 3 is 2.79 bits per heavy atom.